The van der Waals surface area contributed by atoms with Crippen LogP contribution in [0.5, 0.6) is 0 Å². The first-order valence-corrected chi connectivity index (χ1v) is 5.74. The molecule has 2 fully saturated rings. The number of carbonyl (C=O) groups excluding carboxylic acids is 1. The van der Waals surface area contributed by atoms with Crippen molar-refractivity contribution < 1.29 is 14.6 Å². The van der Waals surface area contributed by atoms with Crippen LogP contribution < -0.4 is 0 Å². The Balaban J connectivity index is 2.19. The van der Waals surface area contributed by atoms with Crippen molar-refractivity contribution in [2.75, 3.05) is 0 Å². The van der Waals surface area contributed by atoms with Crippen LogP contribution in [-0.2, 0) is 9.53 Å². The van der Waals surface area contributed by atoms with Gasteiger partial charge >= 0.3 is 5.97 Å². The number of ether oxygens (including phenoxy) is 1. The molecule has 0 unspecified atom stereocenters. The molecule has 1 aliphatic heterocycles. The maximum absolute atomic E-state index is 11.5. The summed E-state index contributed by atoms with van der Waals surface area (Å²) in [5, 5.41) is 10.1. The molecule has 0 aromatic carbocycles. The topological polar surface area (TPSA) is 46.5 Å². The Morgan fingerprint density at radius 2 is 2.20 bits per heavy atom. The summed E-state index contributed by atoms with van der Waals surface area (Å²) in [5.74, 6) is 0.436. The van der Waals surface area contributed by atoms with E-state index < -0.39 is 5.60 Å². The predicted molar refractivity (Wildman–Crippen MR) is 56.2 cm³/mol. The molecule has 1 heterocycles. The van der Waals surface area contributed by atoms with Gasteiger partial charge in [0.2, 0.25) is 0 Å². The third kappa shape index (κ3) is 2.03. The molecule has 0 spiro atoms. The third-order valence-corrected chi connectivity index (χ3v) is 3.94. The third-order valence-electron chi connectivity index (χ3n) is 3.94. The number of aliphatic hydroxyl groups is 1. The number of rotatable bonds is 1. The van der Waals surface area contributed by atoms with Crippen molar-refractivity contribution in [2.45, 2.75) is 57.7 Å². The lowest BCUT2D eigenvalue weighted by Gasteiger charge is -2.49. The summed E-state index contributed by atoms with van der Waals surface area (Å²) < 4.78 is 5.39. The van der Waals surface area contributed by atoms with Crippen LogP contribution in [0.15, 0.2) is 0 Å². The maximum Gasteiger partial charge on any atom is 0.306 e. The Morgan fingerprint density at radius 1 is 1.53 bits per heavy atom. The van der Waals surface area contributed by atoms with E-state index in [4.69, 9.17) is 4.74 Å². The van der Waals surface area contributed by atoms with Crippen LogP contribution >= 0.6 is 0 Å². The van der Waals surface area contributed by atoms with Gasteiger partial charge in [-0.1, -0.05) is 0 Å². The molecule has 1 aliphatic carbocycles. The second-order valence-electron chi connectivity index (χ2n) is 5.89. The van der Waals surface area contributed by atoms with Crippen molar-refractivity contribution in [2.24, 2.45) is 11.8 Å². The van der Waals surface area contributed by atoms with Crippen molar-refractivity contribution >= 4 is 5.97 Å². The van der Waals surface area contributed by atoms with Gasteiger partial charge in [0.05, 0.1) is 5.60 Å². The molecule has 0 amide bonds. The number of hydrogen-bond acceptors (Lipinski definition) is 3. The van der Waals surface area contributed by atoms with Crippen LogP contribution in [0.4, 0.5) is 0 Å². The molecule has 0 radical (unpaired) electrons. The molecule has 1 N–H and O–H groups in total. The van der Waals surface area contributed by atoms with E-state index >= 15 is 0 Å². The zero-order chi connectivity index (χ0) is 11.3. The van der Waals surface area contributed by atoms with Gasteiger partial charge in [-0.25, -0.2) is 0 Å². The monoisotopic (exact) mass is 212 g/mol. The summed E-state index contributed by atoms with van der Waals surface area (Å²) in [4.78, 5) is 11.5. The van der Waals surface area contributed by atoms with E-state index in [1.807, 2.05) is 20.8 Å². The molecule has 1 saturated heterocycles. The Kier molecular flexibility index (Phi) is 2.34. The van der Waals surface area contributed by atoms with Crippen molar-refractivity contribution in [3.63, 3.8) is 0 Å². The zero-order valence-electron chi connectivity index (χ0n) is 9.75. The standard InChI is InChI=1S/C12H20O3/c1-11(2,14)9-4-5-12(3)7-8(9)6-10(13)15-12/h8-9,14H,4-7H2,1-3H3/t8-,9-,12-/m0/s1. The Bertz CT molecular complexity index is 279. The molecule has 0 aromatic rings. The number of hydrogen-bond donors (Lipinski definition) is 1. The van der Waals surface area contributed by atoms with Crippen molar-refractivity contribution in [3.05, 3.63) is 0 Å². The summed E-state index contributed by atoms with van der Waals surface area (Å²) >= 11 is 0. The molecule has 3 heteroatoms. The lowest BCUT2D eigenvalue weighted by atomic mass is 9.64. The summed E-state index contributed by atoms with van der Waals surface area (Å²) in [6, 6.07) is 0. The zero-order valence-corrected chi connectivity index (χ0v) is 9.75. The van der Waals surface area contributed by atoms with Gasteiger partial charge in [-0.2, -0.15) is 0 Å². The molecule has 2 aliphatic rings. The van der Waals surface area contributed by atoms with Gasteiger partial charge in [0.1, 0.15) is 5.60 Å². The minimum absolute atomic E-state index is 0.0947. The highest BCUT2D eigenvalue weighted by atomic mass is 16.6. The summed E-state index contributed by atoms with van der Waals surface area (Å²) in [7, 11) is 0. The van der Waals surface area contributed by atoms with Gasteiger partial charge in [-0.15, -0.1) is 0 Å². The Morgan fingerprint density at radius 3 is 2.80 bits per heavy atom. The number of carbonyl (C=O) groups is 1. The van der Waals surface area contributed by atoms with Gasteiger partial charge in [0.25, 0.3) is 0 Å². The van der Waals surface area contributed by atoms with E-state index in [0.717, 1.165) is 19.3 Å². The summed E-state index contributed by atoms with van der Waals surface area (Å²) in [6.07, 6.45) is 3.22. The minimum Gasteiger partial charge on any atom is -0.459 e. The van der Waals surface area contributed by atoms with E-state index in [2.05, 4.69) is 0 Å². The van der Waals surface area contributed by atoms with E-state index in [1.54, 1.807) is 0 Å². The first-order valence-electron chi connectivity index (χ1n) is 5.74. The van der Waals surface area contributed by atoms with E-state index in [0.29, 0.717) is 12.3 Å². The number of esters is 1. The average molecular weight is 212 g/mol. The maximum atomic E-state index is 11.5. The SMILES string of the molecule is CC(C)(O)[C@H]1CC[C@@]2(C)C[C@@H]1CC(=O)O2. The van der Waals surface area contributed by atoms with E-state index in [1.165, 1.54) is 0 Å². The Hall–Kier alpha value is -0.570. The van der Waals surface area contributed by atoms with Gasteiger partial charge < -0.3 is 9.84 Å². The van der Waals surface area contributed by atoms with Crippen LogP contribution in [0.2, 0.25) is 0 Å². The first-order chi connectivity index (χ1) is 6.80. The lowest BCUT2D eigenvalue weighted by molar-refractivity contribution is -0.185. The van der Waals surface area contributed by atoms with Gasteiger partial charge in [-0.05, 0) is 51.9 Å². The highest BCUT2D eigenvalue weighted by Gasteiger charge is 2.48. The highest BCUT2D eigenvalue weighted by molar-refractivity contribution is 5.71. The van der Waals surface area contributed by atoms with Gasteiger partial charge in [0.15, 0.2) is 0 Å². The molecule has 3 nitrogen and oxygen atoms in total. The van der Waals surface area contributed by atoms with Crippen LogP contribution in [0.25, 0.3) is 0 Å². The quantitative estimate of drug-likeness (QED) is 0.675. The molecular formula is C12H20O3. The minimum atomic E-state index is -0.677. The molecule has 2 bridgehead atoms. The molecule has 2 rings (SSSR count). The van der Waals surface area contributed by atoms with Crippen molar-refractivity contribution in [1.29, 1.82) is 0 Å². The summed E-state index contributed by atoms with van der Waals surface area (Å²) in [5.41, 5.74) is -0.939. The fraction of sp³-hybridized carbons (Fsp3) is 0.917. The lowest BCUT2D eigenvalue weighted by Crippen LogP contribution is -2.51. The molecule has 15 heavy (non-hydrogen) atoms. The second kappa shape index (κ2) is 3.21. The number of fused-ring (bicyclic) bond motifs is 2. The van der Waals surface area contributed by atoms with E-state index in [-0.39, 0.29) is 17.5 Å². The van der Waals surface area contributed by atoms with Crippen LogP contribution in [-0.4, -0.2) is 22.3 Å². The second-order valence-corrected chi connectivity index (χ2v) is 5.89. The first kappa shape index (κ1) is 10.9. The van der Waals surface area contributed by atoms with Crippen LogP contribution in [0.1, 0.15) is 46.5 Å². The van der Waals surface area contributed by atoms with Crippen LogP contribution in [0, 0.1) is 11.8 Å². The average Bonchev–Trinajstić information content (AvgIpc) is 1.97. The molecule has 86 valence electrons. The largest absolute Gasteiger partial charge is 0.459 e. The summed E-state index contributed by atoms with van der Waals surface area (Å²) in [6.45, 7) is 5.71. The van der Waals surface area contributed by atoms with Gasteiger partial charge in [-0.3, -0.25) is 4.79 Å². The predicted octanol–water partition coefficient (Wildman–Crippen LogP) is 1.88. The molecule has 0 aromatic heterocycles. The fourth-order valence-electron chi connectivity index (χ4n) is 3.26. The van der Waals surface area contributed by atoms with Gasteiger partial charge in [0, 0.05) is 6.42 Å². The molecule has 1 saturated carbocycles. The Labute approximate surface area is 90.8 Å². The van der Waals surface area contributed by atoms with Crippen molar-refractivity contribution in [1.82, 2.24) is 0 Å². The van der Waals surface area contributed by atoms with E-state index in [9.17, 15) is 9.90 Å². The smallest absolute Gasteiger partial charge is 0.306 e. The molecular weight excluding hydrogens is 192 g/mol. The normalized spacial score (nSPS) is 41.2. The molecule has 3 atom stereocenters. The highest BCUT2D eigenvalue weighted by Crippen LogP contribution is 2.47. The van der Waals surface area contributed by atoms with Crippen LogP contribution in [0.3, 0.4) is 0 Å². The van der Waals surface area contributed by atoms with Crippen molar-refractivity contribution in [3.8, 4) is 0 Å². The fourth-order valence-corrected chi connectivity index (χ4v) is 3.26.